The molecule has 0 amide bonds. The number of para-hydroxylation sites is 1. The lowest BCUT2D eigenvalue weighted by Crippen LogP contribution is -2.21. The predicted octanol–water partition coefficient (Wildman–Crippen LogP) is 3.89. The highest BCUT2D eigenvalue weighted by Crippen LogP contribution is 2.35. The first-order valence-corrected chi connectivity index (χ1v) is 10.1. The van der Waals surface area contributed by atoms with Crippen molar-refractivity contribution in [2.24, 2.45) is 0 Å². The molecule has 0 atom stereocenters. The van der Waals surface area contributed by atoms with Crippen LogP contribution in [0, 0.1) is 6.92 Å². The van der Waals surface area contributed by atoms with Crippen molar-refractivity contribution >= 4 is 44.8 Å². The fourth-order valence-electron chi connectivity index (χ4n) is 3.90. The monoisotopic (exact) mass is 418 g/mol. The van der Waals surface area contributed by atoms with E-state index in [1.54, 1.807) is 17.4 Å². The molecule has 3 heterocycles. The number of aromatic nitrogens is 2. The summed E-state index contributed by atoms with van der Waals surface area (Å²) in [5, 5.41) is 1.47. The van der Waals surface area contributed by atoms with E-state index in [0.29, 0.717) is 27.5 Å². The van der Waals surface area contributed by atoms with Gasteiger partial charge >= 0.3 is 11.9 Å². The first-order valence-electron chi connectivity index (χ1n) is 10.1. The fraction of sp³-hybridized carbons (Fsp3) is 0.250. The second kappa shape index (κ2) is 7.83. The number of nitrogens with zero attached hydrogens (tertiary/aromatic N) is 2. The first kappa shape index (κ1) is 20.5. The van der Waals surface area contributed by atoms with Crippen molar-refractivity contribution in [3.8, 4) is 0 Å². The largest absolute Gasteiger partial charge is 0.464 e. The van der Waals surface area contributed by atoms with Crippen LogP contribution in [0.4, 0.5) is 0 Å². The number of fused-ring (bicyclic) bond motifs is 3. The Bertz CT molecular complexity index is 1420. The van der Waals surface area contributed by atoms with E-state index in [1.165, 1.54) is 7.11 Å². The average Bonchev–Trinajstić information content (AvgIpc) is 3.12. The summed E-state index contributed by atoms with van der Waals surface area (Å²) in [6.45, 7) is 7.78. The van der Waals surface area contributed by atoms with Crippen LogP contribution in [0.3, 0.4) is 0 Å². The molecule has 1 aromatic carbocycles. The Labute approximate surface area is 178 Å². The van der Waals surface area contributed by atoms with E-state index < -0.39 is 11.9 Å². The van der Waals surface area contributed by atoms with Gasteiger partial charge in [0, 0.05) is 21.9 Å². The van der Waals surface area contributed by atoms with Crippen LogP contribution < -0.4 is 5.56 Å². The van der Waals surface area contributed by atoms with Gasteiger partial charge in [0.25, 0.3) is 5.56 Å². The molecular weight excluding hydrogens is 396 g/mol. The molecule has 0 radical (unpaired) electrons. The van der Waals surface area contributed by atoms with Crippen molar-refractivity contribution in [3.63, 3.8) is 0 Å². The molecule has 0 unspecified atom stereocenters. The fourth-order valence-corrected chi connectivity index (χ4v) is 3.90. The molecule has 0 aliphatic rings. The van der Waals surface area contributed by atoms with Crippen molar-refractivity contribution in [1.29, 1.82) is 0 Å². The maximum atomic E-state index is 13.3. The van der Waals surface area contributed by atoms with Gasteiger partial charge in [0.1, 0.15) is 5.69 Å². The van der Waals surface area contributed by atoms with Gasteiger partial charge < -0.3 is 9.47 Å². The summed E-state index contributed by atoms with van der Waals surface area (Å²) < 4.78 is 11.8. The van der Waals surface area contributed by atoms with E-state index in [0.717, 1.165) is 18.2 Å². The van der Waals surface area contributed by atoms with Crippen LogP contribution in [-0.4, -0.2) is 35.0 Å². The first-order chi connectivity index (χ1) is 14.9. The number of ether oxygens (including phenoxy) is 2. The van der Waals surface area contributed by atoms with E-state index in [9.17, 15) is 14.4 Å². The summed E-state index contributed by atoms with van der Waals surface area (Å²) in [5.74, 6) is -1.22. The maximum Gasteiger partial charge on any atom is 0.356 e. The van der Waals surface area contributed by atoms with Gasteiger partial charge in [-0.05, 0) is 25.5 Å². The predicted molar refractivity (Wildman–Crippen MR) is 119 cm³/mol. The highest BCUT2D eigenvalue weighted by Gasteiger charge is 2.26. The number of benzene rings is 1. The van der Waals surface area contributed by atoms with Crippen LogP contribution >= 0.6 is 0 Å². The van der Waals surface area contributed by atoms with E-state index >= 15 is 0 Å². The van der Waals surface area contributed by atoms with Crippen LogP contribution in [0.25, 0.3) is 32.9 Å². The third-order valence-corrected chi connectivity index (χ3v) is 5.46. The summed E-state index contributed by atoms with van der Waals surface area (Å²) in [6.07, 6.45) is 1.61. The molecule has 0 spiro atoms. The Morgan fingerprint density at radius 3 is 2.65 bits per heavy atom. The Kier molecular flexibility index (Phi) is 5.19. The number of esters is 2. The summed E-state index contributed by atoms with van der Waals surface area (Å²) >= 11 is 0. The summed E-state index contributed by atoms with van der Waals surface area (Å²) in [5.41, 5.74) is 2.00. The number of pyridine rings is 2. The minimum Gasteiger partial charge on any atom is -0.464 e. The molecule has 7 nitrogen and oxygen atoms in total. The van der Waals surface area contributed by atoms with Crippen molar-refractivity contribution in [1.82, 2.24) is 9.38 Å². The van der Waals surface area contributed by atoms with Crippen LogP contribution in [0.2, 0.25) is 0 Å². The minimum atomic E-state index is -0.612. The van der Waals surface area contributed by atoms with Gasteiger partial charge in [0.05, 0.1) is 35.8 Å². The van der Waals surface area contributed by atoms with Crippen molar-refractivity contribution in [2.75, 3.05) is 13.7 Å². The third kappa shape index (κ3) is 3.13. The number of hydrogen-bond acceptors (Lipinski definition) is 6. The lowest BCUT2D eigenvalue weighted by Gasteiger charge is -2.13. The Hall–Kier alpha value is -3.74. The van der Waals surface area contributed by atoms with Crippen molar-refractivity contribution in [2.45, 2.75) is 26.7 Å². The molecule has 0 aliphatic heterocycles. The number of methoxy groups -OCH3 is 1. The lowest BCUT2D eigenvalue weighted by molar-refractivity contribution is -0.136. The van der Waals surface area contributed by atoms with Crippen LogP contribution in [0.15, 0.2) is 41.7 Å². The highest BCUT2D eigenvalue weighted by atomic mass is 16.5. The zero-order chi connectivity index (χ0) is 22.3. The summed E-state index contributed by atoms with van der Waals surface area (Å²) in [4.78, 5) is 42.8. The van der Waals surface area contributed by atoms with Gasteiger partial charge in [-0.2, -0.15) is 0 Å². The molecule has 0 N–H and O–H groups in total. The molecule has 4 aromatic rings. The normalized spacial score (nSPS) is 11.3. The molecule has 0 bridgehead atoms. The molecule has 0 saturated carbocycles. The zero-order valence-corrected chi connectivity index (χ0v) is 17.7. The third-order valence-electron chi connectivity index (χ3n) is 5.46. The molecule has 0 aliphatic carbocycles. The average molecular weight is 418 g/mol. The van der Waals surface area contributed by atoms with Gasteiger partial charge in [-0.1, -0.05) is 38.1 Å². The second-order valence-electron chi connectivity index (χ2n) is 7.37. The number of carbonyl (C=O) groups is 2. The van der Waals surface area contributed by atoms with Crippen LogP contribution in [0.5, 0.6) is 0 Å². The molecule has 3 aromatic heterocycles. The number of rotatable bonds is 6. The van der Waals surface area contributed by atoms with Gasteiger partial charge in [-0.3, -0.25) is 9.20 Å². The number of carbonyl (C=O) groups excluding carboxylic acids is 2. The molecule has 0 fully saturated rings. The van der Waals surface area contributed by atoms with Crippen molar-refractivity contribution in [3.05, 3.63) is 64.1 Å². The Balaban J connectivity index is 2.09. The van der Waals surface area contributed by atoms with Gasteiger partial charge in [0.2, 0.25) is 0 Å². The SMILES string of the molecule is C=C(C(=O)OCCCC)c1c(C)c(=O)n2c3ccccc3c3cc(C(=O)OC)nc1c32. The van der Waals surface area contributed by atoms with E-state index in [4.69, 9.17) is 9.47 Å². The lowest BCUT2D eigenvalue weighted by atomic mass is 10.00. The molecule has 31 heavy (non-hydrogen) atoms. The maximum absolute atomic E-state index is 13.3. The molecule has 4 rings (SSSR count). The molecule has 7 heteroatoms. The standard InChI is InChI=1S/C24H22N2O5/c1-5-6-11-31-23(28)14(3)19-13(2)22(27)26-18-10-8-7-9-15(18)16-12-17(24(29)30-4)25-20(19)21(16)26/h7-10,12H,3,5-6,11H2,1-2,4H3. The van der Waals surface area contributed by atoms with Crippen LogP contribution in [0.1, 0.15) is 41.4 Å². The topological polar surface area (TPSA) is 87.0 Å². The number of unbranched alkanes of at least 4 members (excludes halogenated alkanes) is 1. The minimum absolute atomic E-state index is 0.0364. The quantitative estimate of drug-likeness (QED) is 0.268. The second-order valence-corrected chi connectivity index (χ2v) is 7.37. The summed E-state index contributed by atoms with van der Waals surface area (Å²) in [7, 11) is 1.28. The van der Waals surface area contributed by atoms with E-state index in [-0.39, 0.29) is 29.0 Å². The zero-order valence-electron chi connectivity index (χ0n) is 17.7. The van der Waals surface area contributed by atoms with Crippen LogP contribution in [-0.2, 0) is 14.3 Å². The molecule has 0 saturated heterocycles. The highest BCUT2D eigenvalue weighted by molar-refractivity contribution is 6.23. The Morgan fingerprint density at radius 1 is 1.19 bits per heavy atom. The Morgan fingerprint density at radius 2 is 1.94 bits per heavy atom. The molecule has 158 valence electrons. The smallest absolute Gasteiger partial charge is 0.356 e. The molecular formula is C24H22N2O5. The number of hydrogen-bond donors (Lipinski definition) is 0. The van der Waals surface area contributed by atoms with Gasteiger partial charge in [-0.15, -0.1) is 0 Å². The summed E-state index contributed by atoms with van der Waals surface area (Å²) in [6, 6.07) is 9.02. The van der Waals surface area contributed by atoms with Gasteiger partial charge in [0.15, 0.2) is 0 Å². The van der Waals surface area contributed by atoms with Crippen molar-refractivity contribution < 1.29 is 19.1 Å². The van der Waals surface area contributed by atoms with E-state index in [2.05, 4.69) is 11.6 Å². The van der Waals surface area contributed by atoms with Gasteiger partial charge in [-0.25, -0.2) is 14.6 Å². The van der Waals surface area contributed by atoms with E-state index in [1.807, 2.05) is 31.2 Å².